The van der Waals surface area contributed by atoms with Crippen molar-refractivity contribution in [3.8, 4) is 11.6 Å². The maximum absolute atomic E-state index is 13.1. The van der Waals surface area contributed by atoms with Crippen LogP contribution in [0.2, 0.25) is 0 Å². The van der Waals surface area contributed by atoms with Gasteiger partial charge in [0.15, 0.2) is 5.65 Å². The summed E-state index contributed by atoms with van der Waals surface area (Å²) in [5.41, 5.74) is 1.27. The lowest BCUT2D eigenvalue weighted by Crippen LogP contribution is -2.03. The summed E-state index contributed by atoms with van der Waals surface area (Å²) in [6.45, 7) is 4.41. The maximum Gasteiger partial charge on any atom is 0.235 e. The van der Waals surface area contributed by atoms with Gasteiger partial charge in [0.2, 0.25) is 11.8 Å². The first-order chi connectivity index (χ1) is 10.2. The van der Waals surface area contributed by atoms with Gasteiger partial charge in [-0.25, -0.2) is 4.39 Å². The monoisotopic (exact) mass is 287 g/mol. The van der Waals surface area contributed by atoms with E-state index in [1.807, 2.05) is 6.92 Å². The van der Waals surface area contributed by atoms with Crippen molar-refractivity contribution in [2.75, 3.05) is 11.9 Å². The lowest BCUT2D eigenvalue weighted by atomic mass is 10.2. The molecule has 108 valence electrons. The fraction of sp³-hybridized carbons (Fsp3) is 0.214. The number of fused-ring (bicyclic) bond motifs is 1. The molecule has 0 radical (unpaired) electrons. The predicted octanol–water partition coefficient (Wildman–Crippen LogP) is 3.02. The van der Waals surface area contributed by atoms with Gasteiger partial charge in [0.25, 0.3) is 0 Å². The number of halogens is 1. The second-order valence-corrected chi connectivity index (χ2v) is 4.53. The van der Waals surface area contributed by atoms with Gasteiger partial charge < -0.3 is 10.1 Å². The first kappa shape index (κ1) is 13.3. The van der Waals surface area contributed by atoms with Crippen molar-refractivity contribution in [1.82, 2.24) is 20.2 Å². The summed E-state index contributed by atoms with van der Waals surface area (Å²) < 4.78 is 19.0. The molecular weight excluding hydrogens is 273 g/mol. The van der Waals surface area contributed by atoms with Gasteiger partial charge in [0.1, 0.15) is 17.0 Å². The number of rotatable bonds is 4. The van der Waals surface area contributed by atoms with E-state index in [4.69, 9.17) is 4.74 Å². The molecule has 0 amide bonds. The van der Waals surface area contributed by atoms with E-state index in [1.54, 1.807) is 19.2 Å². The SMILES string of the molecule is CCNc1nc(Oc2ccc(F)cc2C)c2cn[nH]c2n1. The summed E-state index contributed by atoms with van der Waals surface area (Å²) in [6, 6.07) is 4.33. The van der Waals surface area contributed by atoms with Crippen LogP contribution in [0.1, 0.15) is 12.5 Å². The van der Waals surface area contributed by atoms with Crippen LogP contribution in [0.5, 0.6) is 11.6 Å². The van der Waals surface area contributed by atoms with E-state index in [-0.39, 0.29) is 5.82 Å². The van der Waals surface area contributed by atoms with Crippen LogP contribution < -0.4 is 10.1 Å². The normalized spacial score (nSPS) is 10.8. The topological polar surface area (TPSA) is 75.7 Å². The van der Waals surface area contributed by atoms with E-state index < -0.39 is 0 Å². The zero-order valence-corrected chi connectivity index (χ0v) is 11.6. The molecule has 2 heterocycles. The fourth-order valence-electron chi connectivity index (χ4n) is 1.95. The molecule has 0 spiro atoms. The van der Waals surface area contributed by atoms with Crippen molar-refractivity contribution in [3.05, 3.63) is 35.8 Å². The number of benzene rings is 1. The Balaban J connectivity index is 2.04. The summed E-state index contributed by atoms with van der Waals surface area (Å²) in [5, 5.41) is 10.4. The van der Waals surface area contributed by atoms with Crippen molar-refractivity contribution < 1.29 is 9.13 Å². The Morgan fingerprint density at radius 2 is 2.19 bits per heavy atom. The molecule has 0 saturated heterocycles. The van der Waals surface area contributed by atoms with E-state index in [0.29, 0.717) is 40.7 Å². The average Bonchev–Trinajstić information content (AvgIpc) is 2.91. The summed E-state index contributed by atoms with van der Waals surface area (Å²) in [4.78, 5) is 8.61. The number of hydrogen-bond donors (Lipinski definition) is 2. The van der Waals surface area contributed by atoms with E-state index in [0.717, 1.165) is 0 Å². The van der Waals surface area contributed by atoms with Crippen LogP contribution in [0.25, 0.3) is 11.0 Å². The molecule has 0 unspecified atom stereocenters. The van der Waals surface area contributed by atoms with Gasteiger partial charge in [-0.3, -0.25) is 5.10 Å². The largest absolute Gasteiger partial charge is 0.438 e. The zero-order valence-electron chi connectivity index (χ0n) is 11.6. The first-order valence-corrected chi connectivity index (χ1v) is 6.56. The lowest BCUT2D eigenvalue weighted by molar-refractivity contribution is 0.463. The van der Waals surface area contributed by atoms with Gasteiger partial charge in [-0.2, -0.15) is 15.1 Å². The third kappa shape index (κ3) is 2.62. The van der Waals surface area contributed by atoms with Crippen LogP contribution >= 0.6 is 0 Å². The summed E-state index contributed by atoms with van der Waals surface area (Å²) in [6.07, 6.45) is 1.60. The first-order valence-electron chi connectivity index (χ1n) is 6.56. The second-order valence-electron chi connectivity index (χ2n) is 4.53. The Kier molecular flexibility index (Phi) is 3.39. The van der Waals surface area contributed by atoms with Crippen LogP contribution in [0.4, 0.5) is 10.3 Å². The second kappa shape index (κ2) is 5.35. The highest BCUT2D eigenvalue weighted by atomic mass is 19.1. The molecule has 0 saturated carbocycles. The van der Waals surface area contributed by atoms with Crippen LogP contribution in [0, 0.1) is 12.7 Å². The number of nitrogens with one attached hydrogen (secondary N) is 2. The highest BCUT2D eigenvalue weighted by Gasteiger charge is 2.12. The number of aromatic nitrogens is 4. The summed E-state index contributed by atoms with van der Waals surface area (Å²) >= 11 is 0. The Bertz CT molecular complexity index is 786. The molecule has 3 rings (SSSR count). The van der Waals surface area contributed by atoms with E-state index in [2.05, 4.69) is 25.5 Å². The minimum absolute atomic E-state index is 0.302. The Morgan fingerprint density at radius 1 is 1.33 bits per heavy atom. The highest BCUT2D eigenvalue weighted by molar-refractivity contribution is 5.81. The molecule has 0 aliphatic rings. The minimum Gasteiger partial charge on any atom is -0.438 e. The van der Waals surface area contributed by atoms with Crippen molar-refractivity contribution in [1.29, 1.82) is 0 Å². The van der Waals surface area contributed by atoms with E-state index in [1.165, 1.54) is 12.1 Å². The van der Waals surface area contributed by atoms with Crippen molar-refractivity contribution in [3.63, 3.8) is 0 Å². The average molecular weight is 287 g/mol. The predicted molar refractivity (Wildman–Crippen MR) is 77.1 cm³/mol. The molecule has 2 N–H and O–H groups in total. The molecule has 0 bridgehead atoms. The van der Waals surface area contributed by atoms with E-state index in [9.17, 15) is 4.39 Å². The lowest BCUT2D eigenvalue weighted by Gasteiger charge is -2.10. The summed E-state index contributed by atoms with van der Waals surface area (Å²) in [5.74, 6) is 1.06. The number of anilines is 1. The Labute approximate surface area is 120 Å². The third-order valence-corrected chi connectivity index (χ3v) is 2.95. The molecule has 21 heavy (non-hydrogen) atoms. The van der Waals surface area contributed by atoms with Gasteiger partial charge in [0.05, 0.1) is 6.20 Å². The molecule has 1 aromatic carbocycles. The zero-order chi connectivity index (χ0) is 14.8. The third-order valence-electron chi connectivity index (χ3n) is 2.95. The molecule has 0 fully saturated rings. The molecule has 3 aromatic rings. The van der Waals surface area contributed by atoms with Crippen LogP contribution in [0.3, 0.4) is 0 Å². The number of aromatic amines is 1. The molecule has 0 atom stereocenters. The van der Waals surface area contributed by atoms with Gasteiger partial charge >= 0.3 is 0 Å². The van der Waals surface area contributed by atoms with Crippen LogP contribution in [0.15, 0.2) is 24.4 Å². The number of nitrogens with zero attached hydrogens (tertiary/aromatic N) is 3. The van der Waals surface area contributed by atoms with Crippen molar-refractivity contribution in [2.45, 2.75) is 13.8 Å². The number of ether oxygens (including phenoxy) is 1. The Morgan fingerprint density at radius 3 is 2.95 bits per heavy atom. The highest BCUT2D eigenvalue weighted by Crippen LogP contribution is 2.29. The molecule has 0 aliphatic carbocycles. The standard InChI is InChI=1S/C14H14FN5O/c1-3-16-14-18-12-10(7-17-20-12)13(19-14)21-11-5-4-9(15)6-8(11)2/h4-7H,3H2,1-2H3,(H2,16,17,18,19,20). The quantitative estimate of drug-likeness (QED) is 0.771. The van der Waals surface area contributed by atoms with Crippen molar-refractivity contribution >= 4 is 17.0 Å². The Hall–Kier alpha value is -2.70. The molecule has 0 aliphatic heterocycles. The van der Waals surface area contributed by atoms with Crippen molar-refractivity contribution in [2.24, 2.45) is 0 Å². The molecule has 2 aromatic heterocycles. The van der Waals surface area contributed by atoms with E-state index >= 15 is 0 Å². The number of hydrogen-bond acceptors (Lipinski definition) is 5. The van der Waals surface area contributed by atoms with Gasteiger partial charge in [-0.15, -0.1) is 0 Å². The molecular formula is C14H14FN5O. The van der Waals surface area contributed by atoms with Gasteiger partial charge in [-0.1, -0.05) is 0 Å². The van der Waals surface area contributed by atoms with Crippen LogP contribution in [-0.4, -0.2) is 26.7 Å². The number of H-pyrrole nitrogens is 1. The summed E-state index contributed by atoms with van der Waals surface area (Å²) in [7, 11) is 0. The van der Waals surface area contributed by atoms with Gasteiger partial charge in [-0.05, 0) is 37.6 Å². The smallest absolute Gasteiger partial charge is 0.235 e. The van der Waals surface area contributed by atoms with Crippen LogP contribution in [-0.2, 0) is 0 Å². The molecule has 7 heteroatoms. The number of aryl methyl sites for hydroxylation is 1. The fourth-order valence-corrected chi connectivity index (χ4v) is 1.95. The van der Waals surface area contributed by atoms with Gasteiger partial charge in [0, 0.05) is 6.54 Å². The molecule has 6 nitrogen and oxygen atoms in total. The minimum atomic E-state index is -0.302. The maximum atomic E-state index is 13.1.